The first-order valence-electron chi connectivity index (χ1n) is 3.39. The molecule has 0 spiro atoms. The topological polar surface area (TPSA) is 50.1 Å². The zero-order valence-corrected chi connectivity index (χ0v) is 5.92. The normalized spacial score (nSPS) is 29.8. The summed E-state index contributed by atoms with van der Waals surface area (Å²) >= 11 is 0. The van der Waals surface area contributed by atoms with E-state index in [2.05, 4.69) is 0 Å². The van der Waals surface area contributed by atoms with Gasteiger partial charge in [0.1, 0.15) is 12.3 Å². The number of nitrogens with zero attached hydrogens (tertiary/aromatic N) is 1. The second kappa shape index (κ2) is 3.44. The SMILES string of the molecule is N#CCC(=O)C1CC(F)CO1. The van der Waals surface area contributed by atoms with E-state index in [9.17, 15) is 9.18 Å². The maximum absolute atomic E-state index is 12.4. The van der Waals surface area contributed by atoms with Crippen LogP contribution in [-0.4, -0.2) is 24.7 Å². The average Bonchev–Trinajstić information content (AvgIpc) is 2.36. The lowest BCUT2D eigenvalue weighted by molar-refractivity contribution is -0.126. The summed E-state index contributed by atoms with van der Waals surface area (Å²) in [5.74, 6) is -0.312. The van der Waals surface area contributed by atoms with Crippen molar-refractivity contribution in [3.05, 3.63) is 0 Å². The Balaban J connectivity index is 2.38. The molecule has 0 aromatic carbocycles. The van der Waals surface area contributed by atoms with Gasteiger partial charge in [-0.2, -0.15) is 5.26 Å². The fourth-order valence-electron chi connectivity index (χ4n) is 1.01. The zero-order chi connectivity index (χ0) is 8.27. The standard InChI is InChI=1S/C7H8FNO2/c8-5-3-7(11-4-5)6(10)1-2-9/h5,7H,1,3-4H2. The predicted molar refractivity (Wildman–Crippen MR) is 34.5 cm³/mol. The van der Waals surface area contributed by atoms with Crippen LogP contribution < -0.4 is 0 Å². The van der Waals surface area contributed by atoms with Gasteiger partial charge < -0.3 is 4.74 Å². The van der Waals surface area contributed by atoms with Crippen LogP contribution in [-0.2, 0) is 9.53 Å². The van der Waals surface area contributed by atoms with Crippen LogP contribution in [0.2, 0.25) is 0 Å². The Morgan fingerprint density at radius 2 is 2.55 bits per heavy atom. The molecule has 4 heteroatoms. The quantitative estimate of drug-likeness (QED) is 0.589. The Morgan fingerprint density at radius 1 is 1.82 bits per heavy atom. The number of carbonyl (C=O) groups excluding carboxylic acids is 1. The maximum atomic E-state index is 12.4. The van der Waals surface area contributed by atoms with Crippen molar-refractivity contribution in [2.24, 2.45) is 0 Å². The summed E-state index contributed by atoms with van der Waals surface area (Å²) in [4.78, 5) is 10.9. The molecule has 1 rings (SSSR count). The van der Waals surface area contributed by atoms with Crippen LogP contribution >= 0.6 is 0 Å². The van der Waals surface area contributed by atoms with E-state index in [4.69, 9.17) is 10.00 Å². The van der Waals surface area contributed by atoms with E-state index in [0.29, 0.717) is 0 Å². The number of carbonyl (C=O) groups is 1. The summed E-state index contributed by atoms with van der Waals surface area (Å²) in [5, 5.41) is 8.14. The molecule has 0 saturated carbocycles. The minimum atomic E-state index is -1.04. The van der Waals surface area contributed by atoms with Gasteiger partial charge >= 0.3 is 0 Å². The van der Waals surface area contributed by atoms with Crippen LogP contribution in [0.3, 0.4) is 0 Å². The number of hydrogen-bond acceptors (Lipinski definition) is 3. The molecule has 0 N–H and O–H groups in total. The monoisotopic (exact) mass is 157 g/mol. The van der Waals surface area contributed by atoms with Gasteiger partial charge in [-0.1, -0.05) is 0 Å². The number of hydrogen-bond donors (Lipinski definition) is 0. The van der Waals surface area contributed by atoms with Crippen molar-refractivity contribution in [3.63, 3.8) is 0 Å². The Bertz CT molecular complexity index is 199. The van der Waals surface area contributed by atoms with E-state index in [1.807, 2.05) is 0 Å². The lowest BCUT2D eigenvalue weighted by Gasteiger charge is -2.02. The highest BCUT2D eigenvalue weighted by molar-refractivity contribution is 5.85. The van der Waals surface area contributed by atoms with Crippen molar-refractivity contribution < 1.29 is 13.9 Å². The summed E-state index contributed by atoms with van der Waals surface area (Å²) in [7, 11) is 0. The number of halogens is 1. The highest BCUT2D eigenvalue weighted by Gasteiger charge is 2.30. The third-order valence-electron chi connectivity index (χ3n) is 1.56. The summed E-state index contributed by atoms with van der Waals surface area (Å²) in [5.41, 5.74) is 0. The molecule has 11 heavy (non-hydrogen) atoms. The van der Waals surface area contributed by atoms with E-state index in [1.54, 1.807) is 6.07 Å². The molecule has 0 radical (unpaired) electrons. The molecule has 0 bridgehead atoms. The van der Waals surface area contributed by atoms with Gasteiger partial charge in [-0.05, 0) is 0 Å². The van der Waals surface area contributed by atoms with Crippen LogP contribution in [0, 0.1) is 11.3 Å². The lowest BCUT2D eigenvalue weighted by atomic mass is 10.1. The number of alkyl halides is 1. The predicted octanol–water partition coefficient (Wildman–Crippen LogP) is 0.596. The molecule has 0 aliphatic carbocycles. The number of ether oxygens (including phenoxy) is 1. The first kappa shape index (κ1) is 8.15. The summed E-state index contributed by atoms with van der Waals surface area (Å²) in [6, 6.07) is 1.71. The van der Waals surface area contributed by atoms with Gasteiger partial charge in [-0.15, -0.1) is 0 Å². The van der Waals surface area contributed by atoms with Gasteiger partial charge in [0.25, 0.3) is 0 Å². The maximum Gasteiger partial charge on any atom is 0.175 e. The van der Waals surface area contributed by atoms with E-state index in [0.717, 1.165) is 0 Å². The molecule has 3 nitrogen and oxygen atoms in total. The van der Waals surface area contributed by atoms with E-state index >= 15 is 0 Å². The second-order valence-corrected chi connectivity index (χ2v) is 2.46. The molecule has 1 fully saturated rings. The Morgan fingerprint density at radius 3 is 3.00 bits per heavy atom. The average molecular weight is 157 g/mol. The molecule has 2 unspecified atom stereocenters. The summed E-state index contributed by atoms with van der Waals surface area (Å²) in [6.07, 6.45) is -1.79. The van der Waals surface area contributed by atoms with Gasteiger partial charge in [-0.25, -0.2) is 4.39 Å². The number of rotatable bonds is 2. The first-order valence-corrected chi connectivity index (χ1v) is 3.39. The van der Waals surface area contributed by atoms with Crippen LogP contribution in [0.25, 0.3) is 0 Å². The smallest absolute Gasteiger partial charge is 0.175 e. The van der Waals surface area contributed by atoms with Gasteiger partial charge in [0, 0.05) is 6.42 Å². The van der Waals surface area contributed by atoms with E-state index in [-0.39, 0.29) is 25.2 Å². The fraction of sp³-hybridized carbons (Fsp3) is 0.714. The van der Waals surface area contributed by atoms with Gasteiger partial charge in [0.15, 0.2) is 5.78 Å². The molecule has 0 aromatic rings. The van der Waals surface area contributed by atoms with Gasteiger partial charge in [0.05, 0.1) is 19.1 Å². The fourth-order valence-corrected chi connectivity index (χ4v) is 1.01. The van der Waals surface area contributed by atoms with E-state index < -0.39 is 12.3 Å². The molecular formula is C7H8FNO2. The molecule has 0 aromatic heterocycles. The van der Waals surface area contributed by atoms with Crippen LogP contribution in [0.4, 0.5) is 4.39 Å². The third-order valence-corrected chi connectivity index (χ3v) is 1.56. The van der Waals surface area contributed by atoms with Crippen LogP contribution in [0.15, 0.2) is 0 Å². The first-order chi connectivity index (χ1) is 5.24. The van der Waals surface area contributed by atoms with Crippen molar-refractivity contribution >= 4 is 5.78 Å². The van der Waals surface area contributed by atoms with Crippen molar-refractivity contribution in [1.29, 1.82) is 5.26 Å². The molecule has 60 valence electrons. The zero-order valence-electron chi connectivity index (χ0n) is 5.92. The Kier molecular flexibility index (Phi) is 2.55. The number of ketones is 1. The van der Waals surface area contributed by atoms with Gasteiger partial charge in [-0.3, -0.25) is 4.79 Å². The minimum absolute atomic E-state index is 0.0121. The molecule has 1 heterocycles. The van der Waals surface area contributed by atoms with Crippen molar-refractivity contribution in [3.8, 4) is 6.07 Å². The van der Waals surface area contributed by atoms with Crippen molar-refractivity contribution in [1.82, 2.24) is 0 Å². The molecule has 2 atom stereocenters. The lowest BCUT2D eigenvalue weighted by Crippen LogP contribution is -2.18. The Labute approximate surface area is 63.8 Å². The van der Waals surface area contributed by atoms with Crippen LogP contribution in [0.1, 0.15) is 12.8 Å². The molecule has 1 aliphatic heterocycles. The summed E-state index contributed by atoms with van der Waals surface area (Å²) < 4.78 is 17.2. The number of Topliss-reactive ketones (excluding diaryl/α,β-unsaturated/α-hetero) is 1. The Hall–Kier alpha value is -0.950. The summed E-state index contributed by atoms with van der Waals surface area (Å²) in [6.45, 7) is -0.0121. The molecule has 0 amide bonds. The molecule has 1 saturated heterocycles. The second-order valence-electron chi connectivity index (χ2n) is 2.46. The highest BCUT2D eigenvalue weighted by Crippen LogP contribution is 2.17. The minimum Gasteiger partial charge on any atom is -0.367 e. The highest BCUT2D eigenvalue weighted by atomic mass is 19.1. The number of nitriles is 1. The van der Waals surface area contributed by atoms with E-state index in [1.165, 1.54) is 0 Å². The van der Waals surface area contributed by atoms with Gasteiger partial charge in [0.2, 0.25) is 0 Å². The van der Waals surface area contributed by atoms with Crippen LogP contribution in [0.5, 0.6) is 0 Å². The molecular weight excluding hydrogens is 149 g/mol. The van der Waals surface area contributed by atoms with Crippen molar-refractivity contribution in [2.75, 3.05) is 6.61 Å². The largest absolute Gasteiger partial charge is 0.367 e. The third kappa shape index (κ3) is 1.99. The van der Waals surface area contributed by atoms with Crippen molar-refractivity contribution in [2.45, 2.75) is 25.1 Å². The molecule has 1 aliphatic rings.